The van der Waals surface area contributed by atoms with Crippen molar-refractivity contribution in [3.8, 4) is 5.75 Å². The normalized spacial score (nSPS) is 13.2. The van der Waals surface area contributed by atoms with Crippen molar-refractivity contribution in [3.05, 3.63) is 48.5 Å². The Bertz CT molecular complexity index is 886. The van der Waals surface area contributed by atoms with Crippen LogP contribution in [0.25, 0.3) is 0 Å². The third kappa shape index (κ3) is 4.83. The first-order valence-corrected chi connectivity index (χ1v) is 9.91. The summed E-state index contributed by atoms with van der Waals surface area (Å²) in [6.07, 6.45) is 2.07. The lowest BCUT2D eigenvalue weighted by atomic mass is 10.2. The molecule has 0 atom stereocenters. The minimum atomic E-state index is -0.668. The van der Waals surface area contributed by atoms with Gasteiger partial charge in [0.25, 0.3) is 5.91 Å². The largest absolute Gasteiger partial charge is 0.491 e. The molecule has 1 N–H and O–H groups in total. The lowest BCUT2D eigenvalue weighted by Gasteiger charge is -2.20. The van der Waals surface area contributed by atoms with Crippen molar-refractivity contribution < 1.29 is 23.9 Å². The average Bonchev–Trinajstić information content (AvgIpc) is 2.86. The van der Waals surface area contributed by atoms with E-state index in [1.807, 2.05) is 24.5 Å². The number of rotatable bonds is 6. The number of thioether (sulfide) groups is 1. The summed E-state index contributed by atoms with van der Waals surface area (Å²) in [6.45, 7) is -0.464. The van der Waals surface area contributed by atoms with E-state index in [0.29, 0.717) is 17.1 Å². The second-order valence-electron chi connectivity index (χ2n) is 5.96. The topological polar surface area (TPSA) is 84.9 Å². The number of hydrogen-bond acceptors (Lipinski definition) is 6. The number of esters is 1. The Kier molecular flexibility index (Phi) is 6.54. The molecule has 3 rings (SSSR count). The first-order chi connectivity index (χ1) is 13.6. The number of carbonyl (C=O) groups excluding carboxylic acids is 3. The Morgan fingerprint density at radius 2 is 1.93 bits per heavy atom. The molecule has 0 spiro atoms. The summed E-state index contributed by atoms with van der Waals surface area (Å²) in [5, 5.41) is 2.72. The average molecular weight is 400 g/mol. The van der Waals surface area contributed by atoms with Crippen LogP contribution in [0.15, 0.2) is 53.4 Å². The molecule has 2 amide bonds. The Morgan fingerprint density at radius 1 is 1.18 bits per heavy atom. The van der Waals surface area contributed by atoms with Crippen LogP contribution in [-0.4, -0.2) is 43.8 Å². The third-order valence-corrected chi connectivity index (χ3v) is 4.86. The maximum absolute atomic E-state index is 12.3. The summed E-state index contributed by atoms with van der Waals surface area (Å²) in [7, 11) is 0. The molecule has 0 radical (unpaired) electrons. The highest BCUT2D eigenvalue weighted by Crippen LogP contribution is 2.30. The third-order valence-electron chi connectivity index (χ3n) is 4.06. The van der Waals surface area contributed by atoms with Crippen LogP contribution in [0.3, 0.4) is 0 Å². The molecule has 7 nitrogen and oxygen atoms in total. The predicted molar refractivity (Wildman–Crippen MR) is 107 cm³/mol. The van der Waals surface area contributed by atoms with Gasteiger partial charge >= 0.3 is 5.97 Å². The molecule has 28 heavy (non-hydrogen) atoms. The molecule has 0 fully saturated rings. The van der Waals surface area contributed by atoms with Gasteiger partial charge < -0.3 is 14.8 Å². The summed E-state index contributed by atoms with van der Waals surface area (Å²) < 4.78 is 10.6. The fourth-order valence-electron chi connectivity index (χ4n) is 2.75. The van der Waals surface area contributed by atoms with Crippen molar-refractivity contribution in [2.24, 2.45) is 0 Å². The number of amides is 2. The fraction of sp³-hybridized carbons (Fsp3) is 0.250. The lowest BCUT2D eigenvalue weighted by molar-refractivity contribution is -0.146. The van der Waals surface area contributed by atoms with Gasteiger partial charge in [-0.05, 0) is 30.5 Å². The highest BCUT2D eigenvalue weighted by molar-refractivity contribution is 7.98. The van der Waals surface area contributed by atoms with Crippen LogP contribution in [0.1, 0.15) is 6.42 Å². The second-order valence-corrected chi connectivity index (χ2v) is 6.80. The smallest absolute Gasteiger partial charge is 0.326 e. The first-order valence-electron chi connectivity index (χ1n) is 8.69. The van der Waals surface area contributed by atoms with E-state index in [-0.39, 0.29) is 25.5 Å². The number of para-hydroxylation sites is 3. The van der Waals surface area contributed by atoms with Crippen LogP contribution in [0.2, 0.25) is 0 Å². The highest BCUT2D eigenvalue weighted by Gasteiger charge is 2.25. The number of ether oxygens (including phenoxy) is 2. The predicted octanol–water partition coefficient (Wildman–Crippen LogP) is 2.71. The lowest BCUT2D eigenvalue weighted by Crippen LogP contribution is -2.37. The summed E-state index contributed by atoms with van der Waals surface area (Å²) in [5.74, 6) is -0.813. The molecule has 1 aliphatic heterocycles. The van der Waals surface area contributed by atoms with Gasteiger partial charge in [-0.3, -0.25) is 19.3 Å². The number of hydrogen-bond donors (Lipinski definition) is 1. The van der Waals surface area contributed by atoms with Crippen LogP contribution in [-0.2, 0) is 19.1 Å². The molecule has 8 heteroatoms. The van der Waals surface area contributed by atoms with E-state index in [1.54, 1.807) is 30.3 Å². The van der Waals surface area contributed by atoms with Crippen molar-refractivity contribution in [3.63, 3.8) is 0 Å². The zero-order valence-electron chi connectivity index (χ0n) is 15.3. The summed E-state index contributed by atoms with van der Waals surface area (Å²) in [5.41, 5.74) is 1.17. The SMILES string of the molecule is CSc1ccccc1NC(=O)COC(=O)CN1C(=O)CCOc2ccccc21. The van der Waals surface area contributed by atoms with Crippen molar-refractivity contribution in [1.29, 1.82) is 0 Å². The van der Waals surface area contributed by atoms with Gasteiger partial charge in [0.2, 0.25) is 5.91 Å². The molecule has 0 saturated carbocycles. The molecule has 2 aromatic carbocycles. The monoisotopic (exact) mass is 400 g/mol. The van der Waals surface area contributed by atoms with Gasteiger partial charge in [0.15, 0.2) is 6.61 Å². The molecule has 0 aliphatic carbocycles. The number of nitrogens with one attached hydrogen (secondary N) is 1. The minimum absolute atomic E-state index is 0.161. The molecule has 1 aliphatic rings. The van der Waals surface area contributed by atoms with E-state index >= 15 is 0 Å². The Hall–Kier alpha value is -3.00. The number of nitrogens with zero attached hydrogens (tertiary/aromatic N) is 1. The van der Waals surface area contributed by atoms with E-state index in [2.05, 4.69) is 5.32 Å². The quantitative estimate of drug-likeness (QED) is 0.593. The Morgan fingerprint density at radius 3 is 2.75 bits per heavy atom. The van der Waals surface area contributed by atoms with Crippen LogP contribution < -0.4 is 15.0 Å². The molecule has 0 bridgehead atoms. The molecular formula is C20H20N2O5S. The zero-order chi connectivity index (χ0) is 19.9. The molecule has 1 heterocycles. The van der Waals surface area contributed by atoms with Gasteiger partial charge in [0.1, 0.15) is 12.3 Å². The van der Waals surface area contributed by atoms with Crippen LogP contribution in [0, 0.1) is 0 Å². The molecule has 0 aromatic heterocycles. The van der Waals surface area contributed by atoms with Crippen molar-refractivity contribution >= 4 is 40.9 Å². The summed E-state index contributed by atoms with van der Waals surface area (Å²) in [6, 6.07) is 14.3. The molecule has 146 valence electrons. The fourth-order valence-corrected chi connectivity index (χ4v) is 3.30. The molecule has 2 aromatic rings. The van der Waals surface area contributed by atoms with Gasteiger partial charge in [-0.1, -0.05) is 24.3 Å². The van der Waals surface area contributed by atoms with E-state index < -0.39 is 18.5 Å². The van der Waals surface area contributed by atoms with Gasteiger partial charge in [0, 0.05) is 4.90 Å². The minimum Gasteiger partial charge on any atom is -0.491 e. The number of anilines is 2. The van der Waals surface area contributed by atoms with Gasteiger partial charge in [0.05, 0.1) is 24.4 Å². The van der Waals surface area contributed by atoms with Gasteiger partial charge in [-0.25, -0.2) is 0 Å². The highest BCUT2D eigenvalue weighted by atomic mass is 32.2. The number of fused-ring (bicyclic) bond motifs is 1. The van der Waals surface area contributed by atoms with E-state index in [9.17, 15) is 14.4 Å². The zero-order valence-corrected chi connectivity index (χ0v) is 16.2. The van der Waals surface area contributed by atoms with Crippen molar-refractivity contribution in [2.45, 2.75) is 11.3 Å². The van der Waals surface area contributed by atoms with E-state index in [0.717, 1.165) is 4.90 Å². The van der Waals surface area contributed by atoms with Crippen molar-refractivity contribution in [2.75, 3.05) is 36.2 Å². The molecular weight excluding hydrogens is 380 g/mol. The second kappa shape index (κ2) is 9.27. The maximum atomic E-state index is 12.3. The van der Waals surface area contributed by atoms with Crippen LogP contribution >= 0.6 is 11.8 Å². The Labute approximate surface area is 167 Å². The maximum Gasteiger partial charge on any atom is 0.326 e. The number of benzene rings is 2. The summed E-state index contributed by atoms with van der Waals surface area (Å²) in [4.78, 5) is 38.9. The first kappa shape index (κ1) is 19.8. The molecule has 0 saturated heterocycles. The van der Waals surface area contributed by atoms with Crippen LogP contribution in [0.5, 0.6) is 5.75 Å². The van der Waals surface area contributed by atoms with E-state index in [4.69, 9.17) is 9.47 Å². The van der Waals surface area contributed by atoms with Gasteiger partial charge in [-0.2, -0.15) is 0 Å². The summed E-state index contributed by atoms with van der Waals surface area (Å²) >= 11 is 1.50. The Balaban J connectivity index is 1.58. The van der Waals surface area contributed by atoms with E-state index in [1.165, 1.54) is 16.7 Å². The van der Waals surface area contributed by atoms with Crippen molar-refractivity contribution in [1.82, 2.24) is 0 Å². The number of carbonyl (C=O) groups is 3. The standard InChI is InChI=1S/C20H20N2O5S/c1-28-17-9-5-2-6-14(17)21-18(23)13-27-20(25)12-22-15-7-3-4-8-16(15)26-11-10-19(22)24/h2-9H,10-13H2,1H3,(H,21,23). The van der Waals surface area contributed by atoms with Crippen LogP contribution in [0.4, 0.5) is 11.4 Å². The molecule has 0 unspecified atom stereocenters. The van der Waals surface area contributed by atoms with Gasteiger partial charge in [-0.15, -0.1) is 11.8 Å².